The number of alkyl halides is 1. The van der Waals surface area contributed by atoms with Crippen molar-refractivity contribution in [1.82, 2.24) is 14.7 Å². The number of aliphatic hydroxyl groups excluding tert-OH is 1. The summed E-state index contributed by atoms with van der Waals surface area (Å²) in [5.41, 5.74) is 0. The second kappa shape index (κ2) is 13.3. The van der Waals surface area contributed by atoms with E-state index in [1.54, 1.807) is 28.8 Å². The lowest BCUT2D eigenvalue weighted by Gasteiger charge is -2.43. The van der Waals surface area contributed by atoms with Crippen molar-refractivity contribution in [3.05, 3.63) is 25.3 Å². The Bertz CT molecular complexity index is 972. The first kappa shape index (κ1) is 31.6. The molecule has 1 aliphatic carbocycles. The number of carbonyl (C=O) groups is 3. The van der Waals surface area contributed by atoms with Crippen molar-refractivity contribution in [1.29, 1.82) is 0 Å². The van der Waals surface area contributed by atoms with Crippen LogP contribution >= 0.6 is 27.7 Å². The molecule has 1 saturated carbocycles. The van der Waals surface area contributed by atoms with Crippen molar-refractivity contribution >= 4 is 45.4 Å². The summed E-state index contributed by atoms with van der Waals surface area (Å²) in [4.78, 5) is 49.1. The highest BCUT2D eigenvalue weighted by Gasteiger charge is 2.76. The van der Waals surface area contributed by atoms with Gasteiger partial charge in [-0.15, -0.1) is 24.9 Å². The molecular formula is C31H48BrN3O4S. The zero-order chi connectivity index (χ0) is 29.2. The minimum absolute atomic E-state index is 0.0173. The predicted molar refractivity (Wildman–Crippen MR) is 165 cm³/mol. The van der Waals surface area contributed by atoms with E-state index in [1.807, 2.05) is 16.7 Å². The maximum atomic E-state index is 14.8. The molecule has 0 aromatic heterocycles. The highest BCUT2D eigenvalue weighted by Crippen LogP contribution is 2.68. The molecule has 3 aliphatic heterocycles. The zero-order valence-electron chi connectivity index (χ0n) is 24.5. The number of thioether (sulfide) groups is 1. The SMILES string of the molecule is C=CCN(CCC)C(=O)[C@H]1[C@@H]2SC3(CC2Br)C(C(=O)N(CC=C)C2CCCCC2)N([C@@H](CO)CC(C)C)C(=O)[C@H]13. The van der Waals surface area contributed by atoms with Crippen molar-refractivity contribution in [3.8, 4) is 0 Å². The number of rotatable bonds is 13. The second-order valence-electron chi connectivity index (χ2n) is 12.5. The molecule has 3 saturated heterocycles. The van der Waals surface area contributed by atoms with Crippen LogP contribution in [-0.4, -0.2) is 96.7 Å². The lowest BCUT2D eigenvalue weighted by Crippen LogP contribution is -2.59. The molecule has 0 radical (unpaired) electrons. The molecule has 4 aliphatic rings. The van der Waals surface area contributed by atoms with Crippen LogP contribution in [-0.2, 0) is 14.4 Å². The molecule has 7 atom stereocenters. The number of fused-ring (bicyclic) bond motifs is 1. The molecule has 7 nitrogen and oxygen atoms in total. The Morgan fingerprint density at radius 3 is 2.42 bits per heavy atom. The molecule has 0 aromatic rings. The second-order valence-corrected chi connectivity index (χ2v) is 15.2. The van der Waals surface area contributed by atoms with E-state index >= 15 is 0 Å². The molecule has 9 heteroatoms. The molecule has 224 valence electrons. The Morgan fingerprint density at radius 2 is 1.85 bits per heavy atom. The van der Waals surface area contributed by atoms with Crippen LogP contribution in [0.5, 0.6) is 0 Å². The van der Waals surface area contributed by atoms with Crippen LogP contribution in [0.4, 0.5) is 0 Å². The summed E-state index contributed by atoms with van der Waals surface area (Å²) in [6.45, 7) is 15.3. The van der Waals surface area contributed by atoms with Crippen molar-refractivity contribution in [2.75, 3.05) is 26.2 Å². The topological polar surface area (TPSA) is 81.2 Å². The quantitative estimate of drug-likeness (QED) is 0.235. The summed E-state index contributed by atoms with van der Waals surface area (Å²) in [5, 5.41) is 10.5. The smallest absolute Gasteiger partial charge is 0.247 e. The Balaban J connectivity index is 1.80. The summed E-state index contributed by atoms with van der Waals surface area (Å²) in [6, 6.07) is -1.06. The molecule has 1 N–H and O–H groups in total. The monoisotopic (exact) mass is 637 g/mol. The van der Waals surface area contributed by atoms with Gasteiger partial charge in [-0.2, -0.15) is 0 Å². The minimum Gasteiger partial charge on any atom is -0.394 e. The third kappa shape index (κ3) is 5.56. The first-order valence-corrected chi connectivity index (χ1v) is 17.0. The van der Waals surface area contributed by atoms with Gasteiger partial charge in [-0.05, 0) is 38.0 Å². The first-order chi connectivity index (χ1) is 19.2. The molecule has 3 unspecified atom stereocenters. The van der Waals surface area contributed by atoms with E-state index in [2.05, 4.69) is 42.9 Å². The summed E-state index contributed by atoms with van der Waals surface area (Å²) >= 11 is 5.57. The van der Waals surface area contributed by atoms with Gasteiger partial charge in [-0.25, -0.2) is 0 Å². The molecule has 4 fully saturated rings. The van der Waals surface area contributed by atoms with Crippen molar-refractivity contribution in [3.63, 3.8) is 0 Å². The van der Waals surface area contributed by atoms with E-state index in [0.717, 1.165) is 32.1 Å². The van der Waals surface area contributed by atoms with Crippen LogP contribution in [0.25, 0.3) is 0 Å². The Kier molecular flexibility index (Phi) is 10.5. The highest BCUT2D eigenvalue weighted by atomic mass is 79.9. The maximum absolute atomic E-state index is 14.8. The Labute approximate surface area is 253 Å². The molecule has 40 heavy (non-hydrogen) atoms. The minimum atomic E-state index is -0.713. The molecule has 3 heterocycles. The van der Waals surface area contributed by atoms with Gasteiger partial charge in [0.15, 0.2) is 0 Å². The first-order valence-electron chi connectivity index (χ1n) is 15.2. The van der Waals surface area contributed by atoms with E-state index in [4.69, 9.17) is 0 Å². The van der Waals surface area contributed by atoms with Gasteiger partial charge in [-0.3, -0.25) is 14.4 Å². The van der Waals surface area contributed by atoms with E-state index in [9.17, 15) is 19.5 Å². The van der Waals surface area contributed by atoms with Gasteiger partial charge < -0.3 is 19.8 Å². The number of carbonyl (C=O) groups excluding carboxylic acids is 3. The molecule has 3 amide bonds. The lowest BCUT2D eigenvalue weighted by atomic mass is 9.70. The molecule has 0 aromatic carbocycles. The Morgan fingerprint density at radius 1 is 1.18 bits per heavy atom. The fourth-order valence-corrected chi connectivity index (χ4v) is 11.5. The van der Waals surface area contributed by atoms with Crippen molar-refractivity contribution < 1.29 is 19.5 Å². The van der Waals surface area contributed by atoms with E-state index in [1.165, 1.54) is 6.42 Å². The number of aliphatic hydroxyl groups is 1. The van der Waals surface area contributed by atoms with Crippen LogP contribution in [0.3, 0.4) is 0 Å². The van der Waals surface area contributed by atoms with E-state index in [-0.39, 0.29) is 46.4 Å². The fourth-order valence-electron chi connectivity index (χ4n) is 7.88. The average molecular weight is 639 g/mol. The van der Waals surface area contributed by atoms with Crippen LogP contribution in [0.1, 0.15) is 72.1 Å². The third-order valence-electron chi connectivity index (χ3n) is 9.37. The van der Waals surface area contributed by atoms with Gasteiger partial charge >= 0.3 is 0 Å². The molecular weight excluding hydrogens is 590 g/mol. The van der Waals surface area contributed by atoms with Crippen LogP contribution in [0.15, 0.2) is 25.3 Å². The number of nitrogens with zero attached hydrogens (tertiary/aromatic N) is 3. The van der Waals surface area contributed by atoms with Gasteiger partial charge in [-0.1, -0.05) is 68.1 Å². The van der Waals surface area contributed by atoms with Crippen molar-refractivity contribution in [2.24, 2.45) is 17.8 Å². The van der Waals surface area contributed by atoms with Gasteiger partial charge in [0.05, 0.1) is 29.2 Å². The summed E-state index contributed by atoms with van der Waals surface area (Å²) in [5.74, 6) is -1.05. The van der Waals surface area contributed by atoms with Gasteiger partial charge in [0, 0.05) is 35.8 Å². The Hall–Kier alpha value is -1.32. The highest BCUT2D eigenvalue weighted by molar-refractivity contribution is 9.09. The van der Waals surface area contributed by atoms with E-state index in [0.29, 0.717) is 32.5 Å². The number of hydrogen-bond donors (Lipinski definition) is 1. The standard InChI is InChI=1S/C31H48BrN3O4S/c1-6-14-33(15-7-2)28(37)24-25-29(38)35(22(19-36)17-20(4)5)27(31(25)18-23(32)26(24)40-31)30(39)34(16-8-3)21-12-10-9-11-13-21/h6,8,20-27,36H,1,3,7,9-19H2,2,4-5H3/t22-,23?,24-,25+,26-,27?,31?/m1/s1. The average Bonchev–Trinajstić information content (AvgIpc) is 3.53. The van der Waals surface area contributed by atoms with Crippen molar-refractivity contribution in [2.45, 2.75) is 105 Å². The predicted octanol–water partition coefficient (Wildman–Crippen LogP) is 4.63. The molecule has 4 rings (SSSR count). The number of likely N-dealkylation sites (tertiary alicyclic amines) is 1. The lowest BCUT2D eigenvalue weighted by molar-refractivity contribution is -0.148. The number of halogens is 1. The van der Waals surface area contributed by atoms with Gasteiger partial charge in [0.25, 0.3) is 0 Å². The van der Waals surface area contributed by atoms with Crippen LogP contribution in [0.2, 0.25) is 0 Å². The molecule has 2 bridgehead atoms. The zero-order valence-corrected chi connectivity index (χ0v) is 26.9. The summed E-state index contributed by atoms with van der Waals surface area (Å²) < 4.78 is -0.710. The normalized spacial score (nSPS) is 32.3. The number of amides is 3. The summed E-state index contributed by atoms with van der Waals surface area (Å²) in [7, 11) is 0. The largest absolute Gasteiger partial charge is 0.394 e. The van der Waals surface area contributed by atoms with Gasteiger partial charge in [0.1, 0.15) is 6.04 Å². The fraction of sp³-hybridized carbons (Fsp3) is 0.774. The van der Waals surface area contributed by atoms with Crippen LogP contribution in [0, 0.1) is 17.8 Å². The van der Waals surface area contributed by atoms with Gasteiger partial charge in [0.2, 0.25) is 17.7 Å². The third-order valence-corrected chi connectivity index (χ3v) is 12.6. The summed E-state index contributed by atoms with van der Waals surface area (Å²) in [6.07, 6.45) is 10.9. The van der Waals surface area contributed by atoms with Crippen LogP contribution < -0.4 is 0 Å². The van der Waals surface area contributed by atoms with E-state index < -0.39 is 28.7 Å². The maximum Gasteiger partial charge on any atom is 0.247 e. The molecule has 1 spiro atoms. The number of hydrogen-bond acceptors (Lipinski definition) is 5.